The highest BCUT2D eigenvalue weighted by Gasteiger charge is 2.31. The minimum Gasteiger partial charge on any atom is -0.279 e. The number of hydrogen-bond acceptors (Lipinski definition) is 6. The number of nitrogens with zero attached hydrogens (tertiary/aromatic N) is 4. The van der Waals surface area contributed by atoms with Gasteiger partial charge in [-0.15, -0.1) is 0 Å². The third-order valence-corrected chi connectivity index (χ3v) is 9.42. The largest absolute Gasteiger partial charge is 0.279 e. The van der Waals surface area contributed by atoms with Gasteiger partial charge in [0.25, 0.3) is 5.91 Å². The number of carbonyl (C=O) groups excluding carboxylic acids is 1. The second-order valence-corrected chi connectivity index (χ2v) is 11.7. The summed E-state index contributed by atoms with van der Waals surface area (Å²) in [5.74, 6) is -0.820. The minimum atomic E-state index is -3.65. The van der Waals surface area contributed by atoms with E-state index in [9.17, 15) is 17.6 Å². The van der Waals surface area contributed by atoms with E-state index >= 15 is 0 Å². The maximum absolute atomic E-state index is 14.3. The first-order valence-electron chi connectivity index (χ1n) is 11.7. The fraction of sp³-hybridized carbons (Fsp3) is 0.269. The highest BCUT2D eigenvalue weighted by atomic mass is 32.2. The fourth-order valence-electron chi connectivity index (χ4n) is 4.41. The molecule has 4 aromatic rings. The predicted octanol–water partition coefficient (Wildman–Crippen LogP) is 5.24. The first kappa shape index (κ1) is 24.5. The number of piperidine rings is 1. The van der Waals surface area contributed by atoms with E-state index in [0.29, 0.717) is 21.9 Å². The Balaban J connectivity index is 1.48. The summed E-state index contributed by atoms with van der Waals surface area (Å²) in [6.07, 6.45) is 5.99. The summed E-state index contributed by atoms with van der Waals surface area (Å²) in [7, 11) is -3.65. The van der Waals surface area contributed by atoms with Gasteiger partial charge in [-0.2, -0.15) is 4.31 Å². The van der Waals surface area contributed by atoms with Crippen LogP contribution in [0, 0.1) is 5.82 Å². The van der Waals surface area contributed by atoms with E-state index in [-0.39, 0.29) is 28.9 Å². The smallest absolute Gasteiger partial charge is 0.260 e. The lowest BCUT2D eigenvalue weighted by Gasteiger charge is -2.32. The van der Waals surface area contributed by atoms with Crippen LogP contribution < -0.4 is 4.90 Å². The molecule has 10 heteroatoms. The summed E-state index contributed by atoms with van der Waals surface area (Å²) in [4.78, 5) is 23.8. The summed E-state index contributed by atoms with van der Waals surface area (Å²) in [6, 6.07) is 14.3. The van der Waals surface area contributed by atoms with E-state index in [0.717, 1.165) is 24.8 Å². The molecule has 0 N–H and O–H groups in total. The number of para-hydroxylation sites is 1. The van der Waals surface area contributed by atoms with Crippen LogP contribution in [0.2, 0.25) is 0 Å². The van der Waals surface area contributed by atoms with Gasteiger partial charge in [0.1, 0.15) is 11.3 Å². The van der Waals surface area contributed by atoms with E-state index in [2.05, 4.69) is 9.97 Å². The molecular weight excluding hydrogens is 499 g/mol. The van der Waals surface area contributed by atoms with Crippen molar-refractivity contribution in [1.29, 1.82) is 0 Å². The molecule has 36 heavy (non-hydrogen) atoms. The first-order chi connectivity index (χ1) is 17.3. The normalized spacial score (nSPS) is 16.8. The van der Waals surface area contributed by atoms with Gasteiger partial charge in [-0.1, -0.05) is 29.9 Å². The van der Waals surface area contributed by atoms with E-state index < -0.39 is 15.8 Å². The fourth-order valence-corrected chi connectivity index (χ4v) is 7.09. The van der Waals surface area contributed by atoms with Crippen molar-refractivity contribution >= 4 is 42.6 Å². The topological polar surface area (TPSA) is 83.5 Å². The van der Waals surface area contributed by atoms with E-state index in [1.165, 1.54) is 50.9 Å². The number of thiazole rings is 1. The van der Waals surface area contributed by atoms with Crippen LogP contribution in [0.1, 0.15) is 42.1 Å². The van der Waals surface area contributed by atoms with E-state index in [4.69, 9.17) is 0 Å². The van der Waals surface area contributed by atoms with Gasteiger partial charge in [0.05, 0.1) is 16.1 Å². The molecule has 1 aliphatic heterocycles. The SMILES string of the molecule is CC1CCCCN1S(=O)(=O)c1ccc(C(=O)N(Cc2cccnc2)c2nc3c(F)cccc3s2)cc1. The number of rotatable bonds is 6. The Morgan fingerprint density at radius 1 is 1.14 bits per heavy atom. The van der Waals surface area contributed by atoms with Gasteiger partial charge in [0.15, 0.2) is 5.13 Å². The number of benzene rings is 2. The highest BCUT2D eigenvalue weighted by Crippen LogP contribution is 2.32. The Bertz CT molecular complexity index is 1490. The van der Waals surface area contributed by atoms with Crippen molar-refractivity contribution in [1.82, 2.24) is 14.3 Å². The van der Waals surface area contributed by atoms with Gasteiger partial charge in [0.2, 0.25) is 10.0 Å². The molecule has 1 atom stereocenters. The minimum absolute atomic E-state index is 0.0561. The molecule has 1 fully saturated rings. The van der Waals surface area contributed by atoms with Gasteiger partial charge in [-0.3, -0.25) is 14.7 Å². The lowest BCUT2D eigenvalue weighted by atomic mass is 10.1. The number of halogens is 1. The van der Waals surface area contributed by atoms with Crippen LogP contribution in [0.3, 0.4) is 0 Å². The number of aromatic nitrogens is 2. The zero-order valence-corrected chi connectivity index (χ0v) is 21.3. The molecule has 0 bridgehead atoms. The van der Waals surface area contributed by atoms with Crippen molar-refractivity contribution in [3.8, 4) is 0 Å². The van der Waals surface area contributed by atoms with Crippen LogP contribution in [0.25, 0.3) is 10.2 Å². The van der Waals surface area contributed by atoms with Crippen LogP contribution >= 0.6 is 11.3 Å². The number of fused-ring (bicyclic) bond motifs is 1. The lowest BCUT2D eigenvalue weighted by Crippen LogP contribution is -2.41. The van der Waals surface area contributed by atoms with Crippen LogP contribution in [0.5, 0.6) is 0 Å². The number of hydrogen-bond donors (Lipinski definition) is 0. The Morgan fingerprint density at radius 3 is 2.64 bits per heavy atom. The standard InChI is InChI=1S/C26H25FN4O3S2/c1-18-6-2-3-15-31(18)36(33,34)21-12-10-20(11-13-21)25(32)30(17-19-7-5-14-28-16-19)26-29-24-22(27)8-4-9-23(24)35-26/h4-5,7-14,16,18H,2-3,6,15,17H2,1H3. The Hall–Kier alpha value is -3.21. The number of sulfonamides is 1. The Labute approximate surface area is 213 Å². The van der Waals surface area contributed by atoms with Crippen molar-refractivity contribution < 1.29 is 17.6 Å². The van der Waals surface area contributed by atoms with Crippen molar-refractivity contribution in [2.24, 2.45) is 0 Å². The summed E-state index contributed by atoms with van der Waals surface area (Å²) in [5.41, 5.74) is 1.30. The van der Waals surface area contributed by atoms with Gasteiger partial charge in [-0.25, -0.2) is 17.8 Å². The van der Waals surface area contributed by atoms with Crippen LogP contribution in [0.4, 0.5) is 9.52 Å². The molecule has 2 aromatic heterocycles. The van der Waals surface area contributed by atoms with Crippen molar-refractivity contribution in [2.75, 3.05) is 11.4 Å². The number of anilines is 1. The predicted molar refractivity (Wildman–Crippen MR) is 138 cm³/mol. The molecule has 1 amide bonds. The summed E-state index contributed by atoms with van der Waals surface area (Å²) in [6.45, 7) is 2.60. The summed E-state index contributed by atoms with van der Waals surface area (Å²) in [5, 5.41) is 0.350. The maximum Gasteiger partial charge on any atom is 0.260 e. The number of pyridine rings is 1. The summed E-state index contributed by atoms with van der Waals surface area (Å²) < 4.78 is 42.9. The second kappa shape index (κ2) is 10.0. The Morgan fingerprint density at radius 2 is 1.94 bits per heavy atom. The monoisotopic (exact) mass is 524 g/mol. The van der Waals surface area contributed by atoms with E-state index in [1.807, 2.05) is 13.0 Å². The van der Waals surface area contributed by atoms with E-state index in [1.54, 1.807) is 30.6 Å². The van der Waals surface area contributed by atoms with Gasteiger partial charge in [0, 0.05) is 30.5 Å². The quantitative estimate of drug-likeness (QED) is 0.344. The van der Waals surface area contributed by atoms with Crippen molar-refractivity contribution in [3.63, 3.8) is 0 Å². The second-order valence-electron chi connectivity index (χ2n) is 8.82. The average molecular weight is 525 g/mol. The third kappa shape index (κ3) is 4.76. The van der Waals surface area contributed by atoms with Crippen molar-refractivity contribution in [2.45, 2.75) is 43.7 Å². The lowest BCUT2D eigenvalue weighted by molar-refractivity contribution is 0.0985. The molecule has 1 aliphatic rings. The molecule has 3 heterocycles. The molecule has 0 radical (unpaired) electrons. The number of carbonyl (C=O) groups is 1. The zero-order valence-electron chi connectivity index (χ0n) is 19.7. The van der Waals surface area contributed by atoms with Gasteiger partial charge < -0.3 is 0 Å². The number of amides is 1. The molecule has 7 nitrogen and oxygen atoms in total. The molecule has 1 unspecified atom stereocenters. The van der Waals surface area contributed by atoms with Crippen LogP contribution in [-0.4, -0.2) is 41.2 Å². The molecule has 1 saturated heterocycles. The molecule has 186 valence electrons. The third-order valence-electron chi connectivity index (χ3n) is 6.35. The van der Waals surface area contributed by atoms with Crippen molar-refractivity contribution in [3.05, 3.63) is 83.9 Å². The maximum atomic E-state index is 14.3. The average Bonchev–Trinajstić information content (AvgIpc) is 3.33. The summed E-state index contributed by atoms with van der Waals surface area (Å²) >= 11 is 1.22. The van der Waals surface area contributed by atoms with Gasteiger partial charge in [-0.05, 0) is 67.8 Å². The molecule has 0 saturated carbocycles. The van der Waals surface area contributed by atoms with Crippen LogP contribution in [-0.2, 0) is 16.6 Å². The van der Waals surface area contributed by atoms with Gasteiger partial charge >= 0.3 is 0 Å². The molecule has 0 aliphatic carbocycles. The molecule has 5 rings (SSSR count). The Kier molecular flexibility index (Phi) is 6.83. The van der Waals surface area contributed by atoms with Crippen LogP contribution in [0.15, 0.2) is 71.9 Å². The molecular formula is C26H25FN4O3S2. The first-order valence-corrected chi connectivity index (χ1v) is 14.0. The highest BCUT2D eigenvalue weighted by molar-refractivity contribution is 7.89. The molecule has 0 spiro atoms. The molecule has 2 aromatic carbocycles. The zero-order chi connectivity index (χ0) is 25.3.